The highest BCUT2D eigenvalue weighted by molar-refractivity contribution is 5.63. The van der Waals surface area contributed by atoms with E-state index in [0.717, 1.165) is 24.5 Å². The molecule has 2 saturated heterocycles. The fraction of sp³-hybridized carbons (Fsp3) is 0.625. The van der Waals surface area contributed by atoms with Crippen molar-refractivity contribution in [3.63, 3.8) is 0 Å². The van der Waals surface area contributed by atoms with Crippen LogP contribution in [-0.4, -0.2) is 54.1 Å². The van der Waals surface area contributed by atoms with Crippen molar-refractivity contribution in [1.82, 2.24) is 20.2 Å². The summed E-state index contributed by atoms with van der Waals surface area (Å²) in [5, 5.41) is 3.04. The van der Waals surface area contributed by atoms with Crippen LogP contribution in [0.15, 0.2) is 18.7 Å². The van der Waals surface area contributed by atoms with Gasteiger partial charge in [-0.3, -0.25) is 4.90 Å². The molecule has 2 aliphatic rings. The second-order valence-corrected chi connectivity index (χ2v) is 6.20. The monoisotopic (exact) mass is 287 g/mol. The first-order chi connectivity index (χ1) is 10.2. The predicted molar refractivity (Wildman–Crippen MR) is 86.2 cm³/mol. The van der Waals surface area contributed by atoms with Gasteiger partial charge in [-0.15, -0.1) is 0 Å². The van der Waals surface area contributed by atoms with Crippen molar-refractivity contribution in [3.05, 3.63) is 24.3 Å². The fourth-order valence-corrected chi connectivity index (χ4v) is 3.67. The van der Waals surface area contributed by atoms with E-state index in [2.05, 4.69) is 32.1 Å². The van der Waals surface area contributed by atoms with E-state index in [1.165, 1.54) is 32.2 Å². The van der Waals surface area contributed by atoms with Crippen molar-refractivity contribution in [2.45, 2.75) is 31.2 Å². The number of nitrogens with zero attached hydrogens (tertiary/aromatic N) is 4. The molecule has 3 heterocycles. The van der Waals surface area contributed by atoms with Gasteiger partial charge in [-0.2, -0.15) is 0 Å². The summed E-state index contributed by atoms with van der Waals surface area (Å²) in [6, 6.07) is 0. The van der Waals surface area contributed by atoms with Gasteiger partial charge in [0.1, 0.15) is 12.1 Å². The van der Waals surface area contributed by atoms with E-state index in [1.807, 2.05) is 25.5 Å². The second kappa shape index (κ2) is 6.02. The minimum absolute atomic E-state index is 0.354. The molecule has 5 nitrogen and oxygen atoms in total. The van der Waals surface area contributed by atoms with Crippen molar-refractivity contribution in [2.75, 3.05) is 38.6 Å². The Bertz CT molecular complexity index is 515. The number of nitrogens with one attached hydrogen (secondary N) is 1. The molecule has 5 heteroatoms. The Hall–Kier alpha value is -1.62. The van der Waals surface area contributed by atoms with Crippen LogP contribution in [0.3, 0.4) is 0 Å². The van der Waals surface area contributed by atoms with E-state index in [9.17, 15) is 0 Å². The van der Waals surface area contributed by atoms with Gasteiger partial charge in [-0.25, -0.2) is 9.97 Å². The fourth-order valence-electron chi connectivity index (χ4n) is 3.67. The van der Waals surface area contributed by atoms with Crippen molar-refractivity contribution >= 4 is 11.9 Å². The Kier molecular flexibility index (Phi) is 4.10. The number of anilines is 1. The van der Waals surface area contributed by atoms with Crippen LogP contribution < -0.4 is 10.2 Å². The van der Waals surface area contributed by atoms with Crippen molar-refractivity contribution < 1.29 is 0 Å². The number of likely N-dealkylation sites (N-methyl/N-ethyl adjacent to an activating group) is 1. The molecule has 1 spiro atoms. The van der Waals surface area contributed by atoms with Crippen molar-refractivity contribution in [1.29, 1.82) is 0 Å². The Morgan fingerprint density at radius 1 is 1.29 bits per heavy atom. The number of piperidine rings is 1. The van der Waals surface area contributed by atoms with Crippen LogP contribution >= 0.6 is 0 Å². The molecule has 0 aliphatic carbocycles. The number of hydrogen-bond donors (Lipinski definition) is 1. The number of aromatic nitrogens is 2. The number of hydrogen-bond acceptors (Lipinski definition) is 5. The lowest BCUT2D eigenvalue weighted by Crippen LogP contribution is -2.51. The second-order valence-electron chi connectivity index (χ2n) is 6.20. The van der Waals surface area contributed by atoms with Crippen LogP contribution in [0.5, 0.6) is 0 Å². The van der Waals surface area contributed by atoms with Crippen LogP contribution in [0.2, 0.25) is 0 Å². The quantitative estimate of drug-likeness (QED) is 0.917. The molecule has 1 atom stereocenters. The van der Waals surface area contributed by atoms with Gasteiger partial charge < -0.3 is 10.2 Å². The molecule has 3 rings (SSSR count). The maximum atomic E-state index is 4.53. The summed E-state index contributed by atoms with van der Waals surface area (Å²) in [4.78, 5) is 13.7. The van der Waals surface area contributed by atoms with Gasteiger partial charge >= 0.3 is 0 Å². The Morgan fingerprint density at radius 3 is 3.00 bits per heavy atom. The SMILES string of the molecule is CN/C=C\c1cncnc1N1CCC2(CCCCN2C)C1. The van der Waals surface area contributed by atoms with E-state index in [0.29, 0.717) is 5.54 Å². The first kappa shape index (κ1) is 14.3. The summed E-state index contributed by atoms with van der Waals surface area (Å²) < 4.78 is 0. The van der Waals surface area contributed by atoms with Gasteiger partial charge in [0, 0.05) is 37.4 Å². The van der Waals surface area contributed by atoms with E-state index < -0.39 is 0 Å². The zero-order chi connectivity index (χ0) is 14.7. The molecule has 0 radical (unpaired) electrons. The molecule has 114 valence electrons. The minimum atomic E-state index is 0.354. The summed E-state index contributed by atoms with van der Waals surface area (Å²) in [5.41, 5.74) is 1.44. The highest BCUT2D eigenvalue weighted by atomic mass is 15.3. The van der Waals surface area contributed by atoms with Gasteiger partial charge in [0.15, 0.2) is 0 Å². The summed E-state index contributed by atoms with van der Waals surface area (Å²) in [6.07, 6.45) is 12.8. The number of likely N-dealkylation sites (tertiary alicyclic amines) is 1. The van der Waals surface area contributed by atoms with Crippen LogP contribution in [0.25, 0.3) is 6.08 Å². The van der Waals surface area contributed by atoms with Gasteiger partial charge in [0.2, 0.25) is 0 Å². The van der Waals surface area contributed by atoms with Crippen LogP contribution in [0, 0.1) is 0 Å². The Morgan fingerprint density at radius 2 is 2.19 bits per heavy atom. The topological polar surface area (TPSA) is 44.3 Å². The average Bonchev–Trinajstić information content (AvgIpc) is 2.94. The average molecular weight is 287 g/mol. The molecule has 0 aromatic carbocycles. The molecular weight excluding hydrogens is 262 g/mol. The lowest BCUT2D eigenvalue weighted by molar-refractivity contribution is 0.0927. The predicted octanol–water partition coefficient (Wildman–Crippen LogP) is 1.73. The zero-order valence-corrected chi connectivity index (χ0v) is 13.0. The van der Waals surface area contributed by atoms with Crippen LogP contribution in [0.4, 0.5) is 5.82 Å². The Balaban J connectivity index is 1.81. The van der Waals surface area contributed by atoms with Crippen LogP contribution in [-0.2, 0) is 0 Å². The van der Waals surface area contributed by atoms with Crippen LogP contribution in [0.1, 0.15) is 31.2 Å². The maximum absolute atomic E-state index is 4.53. The standard InChI is InChI=1S/C16H25N5/c1-17-8-5-14-11-18-13-19-15(14)21-10-7-16(12-21)6-3-4-9-20(16)2/h5,8,11,13,17H,3-4,6-7,9-10,12H2,1-2H3/b8-5-. The third-order valence-corrected chi connectivity index (χ3v) is 4.98. The molecule has 0 amide bonds. The third-order valence-electron chi connectivity index (χ3n) is 4.98. The lowest BCUT2D eigenvalue weighted by Gasteiger charge is -2.42. The highest BCUT2D eigenvalue weighted by Crippen LogP contribution is 2.37. The summed E-state index contributed by atoms with van der Waals surface area (Å²) in [5.74, 6) is 1.06. The maximum Gasteiger partial charge on any atom is 0.139 e. The minimum Gasteiger partial charge on any atom is -0.394 e. The Labute approximate surface area is 127 Å². The molecular formula is C16H25N5. The molecule has 1 aromatic rings. The van der Waals surface area contributed by atoms with Gasteiger partial charge in [-0.1, -0.05) is 6.42 Å². The van der Waals surface area contributed by atoms with Gasteiger partial charge in [0.05, 0.1) is 0 Å². The third kappa shape index (κ3) is 2.75. The molecule has 0 saturated carbocycles. The van der Waals surface area contributed by atoms with Gasteiger partial charge in [0.25, 0.3) is 0 Å². The molecule has 0 bridgehead atoms. The summed E-state index contributed by atoms with van der Waals surface area (Å²) >= 11 is 0. The van der Waals surface area contributed by atoms with E-state index in [-0.39, 0.29) is 0 Å². The normalized spacial score (nSPS) is 26.9. The first-order valence-electron chi connectivity index (χ1n) is 7.85. The molecule has 21 heavy (non-hydrogen) atoms. The molecule has 1 N–H and O–H groups in total. The molecule has 1 unspecified atom stereocenters. The highest BCUT2D eigenvalue weighted by Gasteiger charge is 2.43. The zero-order valence-electron chi connectivity index (χ0n) is 13.0. The molecule has 2 aliphatic heterocycles. The van der Waals surface area contributed by atoms with Crippen molar-refractivity contribution in [2.24, 2.45) is 0 Å². The van der Waals surface area contributed by atoms with Gasteiger partial charge in [-0.05, 0) is 45.1 Å². The summed E-state index contributed by atoms with van der Waals surface area (Å²) in [6.45, 7) is 3.40. The summed E-state index contributed by atoms with van der Waals surface area (Å²) in [7, 11) is 4.19. The lowest BCUT2D eigenvalue weighted by atomic mass is 9.86. The number of rotatable bonds is 3. The largest absolute Gasteiger partial charge is 0.394 e. The first-order valence-corrected chi connectivity index (χ1v) is 7.85. The smallest absolute Gasteiger partial charge is 0.139 e. The van der Waals surface area contributed by atoms with E-state index >= 15 is 0 Å². The van der Waals surface area contributed by atoms with E-state index in [4.69, 9.17) is 0 Å². The molecule has 1 aromatic heterocycles. The molecule has 2 fully saturated rings. The van der Waals surface area contributed by atoms with E-state index in [1.54, 1.807) is 6.33 Å². The van der Waals surface area contributed by atoms with Crippen molar-refractivity contribution in [3.8, 4) is 0 Å².